The molecule has 3 heteroatoms. The Morgan fingerprint density at radius 2 is 2.10 bits per heavy atom. The summed E-state index contributed by atoms with van der Waals surface area (Å²) < 4.78 is 19.4. The molecule has 0 spiro atoms. The van der Waals surface area contributed by atoms with Gasteiger partial charge >= 0.3 is 0 Å². The van der Waals surface area contributed by atoms with Gasteiger partial charge in [0.1, 0.15) is 11.6 Å². The van der Waals surface area contributed by atoms with Crippen molar-refractivity contribution in [2.75, 3.05) is 13.7 Å². The van der Waals surface area contributed by atoms with Gasteiger partial charge in [0, 0.05) is 18.0 Å². The van der Waals surface area contributed by atoms with Gasteiger partial charge < -0.3 is 10.1 Å². The van der Waals surface area contributed by atoms with E-state index in [0.29, 0.717) is 0 Å². The minimum absolute atomic E-state index is 0.0377. The van der Waals surface area contributed by atoms with E-state index in [1.165, 1.54) is 17.2 Å². The van der Waals surface area contributed by atoms with Crippen LogP contribution in [-0.2, 0) is 12.8 Å². The van der Waals surface area contributed by atoms with Crippen molar-refractivity contribution in [2.24, 2.45) is 0 Å². The van der Waals surface area contributed by atoms with Crippen LogP contribution in [-0.4, -0.2) is 13.7 Å². The van der Waals surface area contributed by atoms with Gasteiger partial charge in [-0.3, -0.25) is 0 Å². The second-order valence-electron chi connectivity index (χ2n) is 5.44. The molecule has 1 atom stereocenters. The van der Waals surface area contributed by atoms with Gasteiger partial charge in [0.05, 0.1) is 6.61 Å². The Balaban J connectivity index is 1.70. The van der Waals surface area contributed by atoms with Crippen molar-refractivity contribution in [2.45, 2.75) is 25.3 Å². The van der Waals surface area contributed by atoms with Gasteiger partial charge in [0.25, 0.3) is 0 Å². The fourth-order valence-electron chi connectivity index (χ4n) is 2.92. The van der Waals surface area contributed by atoms with Crippen molar-refractivity contribution in [3.05, 3.63) is 65.0 Å². The smallest absolute Gasteiger partial charge is 0.127 e. The lowest BCUT2D eigenvalue weighted by Crippen LogP contribution is -2.18. The SMILES string of the molecule is CNC(CCc1ccc2c(c1)CCO2)c1ccccc1F. The number of nitrogens with one attached hydrogen (secondary N) is 1. The Bertz CT molecular complexity index is 626. The van der Waals surface area contributed by atoms with E-state index in [0.717, 1.165) is 37.2 Å². The van der Waals surface area contributed by atoms with Gasteiger partial charge in [0.15, 0.2) is 0 Å². The normalized spacial score (nSPS) is 14.6. The first-order valence-corrected chi connectivity index (χ1v) is 7.44. The molecule has 2 aromatic rings. The van der Waals surface area contributed by atoms with Crippen molar-refractivity contribution in [1.29, 1.82) is 0 Å². The van der Waals surface area contributed by atoms with Crippen LogP contribution >= 0.6 is 0 Å². The molecule has 0 fully saturated rings. The molecule has 0 saturated carbocycles. The van der Waals surface area contributed by atoms with Gasteiger partial charge in [-0.15, -0.1) is 0 Å². The number of ether oxygens (including phenoxy) is 1. The lowest BCUT2D eigenvalue weighted by atomic mass is 9.97. The minimum atomic E-state index is -0.140. The van der Waals surface area contributed by atoms with Crippen molar-refractivity contribution < 1.29 is 9.13 Å². The second-order valence-corrected chi connectivity index (χ2v) is 5.44. The highest BCUT2D eigenvalue weighted by molar-refractivity contribution is 5.40. The maximum absolute atomic E-state index is 13.9. The zero-order valence-corrected chi connectivity index (χ0v) is 12.2. The predicted octanol–water partition coefficient (Wildman–Crippen LogP) is 3.65. The van der Waals surface area contributed by atoms with Crippen molar-refractivity contribution in [3.8, 4) is 5.75 Å². The topological polar surface area (TPSA) is 21.3 Å². The quantitative estimate of drug-likeness (QED) is 0.905. The zero-order valence-electron chi connectivity index (χ0n) is 12.2. The molecule has 0 aliphatic carbocycles. The highest BCUT2D eigenvalue weighted by Crippen LogP contribution is 2.27. The highest BCUT2D eigenvalue weighted by atomic mass is 19.1. The van der Waals surface area contributed by atoms with E-state index < -0.39 is 0 Å². The molecule has 1 aliphatic rings. The number of halogens is 1. The largest absolute Gasteiger partial charge is 0.493 e. The number of aryl methyl sites for hydroxylation is 1. The summed E-state index contributed by atoms with van der Waals surface area (Å²) in [6.45, 7) is 0.785. The molecule has 0 saturated heterocycles. The Kier molecular flexibility index (Phi) is 4.20. The van der Waals surface area contributed by atoms with Crippen LogP contribution in [0.2, 0.25) is 0 Å². The molecule has 0 bridgehead atoms. The number of rotatable bonds is 5. The van der Waals surface area contributed by atoms with E-state index in [9.17, 15) is 4.39 Å². The lowest BCUT2D eigenvalue weighted by molar-refractivity contribution is 0.357. The number of hydrogen-bond acceptors (Lipinski definition) is 2. The molecule has 1 N–H and O–H groups in total. The average molecular weight is 285 g/mol. The standard InChI is InChI=1S/C18H20FNO/c1-20-17(15-4-2-3-5-16(15)19)8-6-13-7-9-18-14(12-13)10-11-21-18/h2-5,7,9,12,17,20H,6,8,10-11H2,1H3. The molecule has 1 aliphatic heterocycles. The Hall–Kier alpha value is -1.87. The van der Waals surface area contributed by atoms with Crippen molar-refractivity contribution in [1.82, 2.24) is 5.32 Å². The van der Waals surface area contributed by atoms with Gasteiger partial charge in [0.2, 0.25) is 0 Å². The van der Waals surface area contributed by atoms with Crippen LogP contribution < -0.4 is 10.1 Å². The number of fused-ring (bicyclic) bond motifs is 1. The first-order chi connectivity index (χ1) is 10.3. The number of benzene rings is 2. The van der Waals surface area contributed by atoms with Crippen LogP contribution in [0.3, 0.4) is 0 Å². The van der Waals surface area contributed by atoms with Crippen LogP contribution in [0.1, 0.15) is 29.2 Å². The molecule has 110 valence electrons. The molecular weight excluding hydrogens is 265 g/mol. The molecule has 0 radical (unpaired) electrons. The van der Waals surface area contributed by atoms with E-state index in [4.69, 9.17) is 4.74 Å². The van der Waals surface area contributed by atoms with E-state index >= 15 is 0 Å². The Morgan fingerprint density at radius 1 is 1.24 bits per heavy atom. The first kappa shape index (κ1) is 14.1. The third-order valence-corrected chi connectivity index (χ3v) is 4.10. The van der Waals surface area contributed by atoms with E-state index in [1.807, 2.05) is 19.2 Å². The fourth-order valence-corrected chi connectivity index (χ4v) is 2.92. The van der Waals surface area contributed by atoms with Gasteiger partial charge in [-0.05, 0) is 43.1 Å². The molecule has 3 rings (SSSR count). The van der Waals surface area contributed by atoms with Crippen LogP contribution in [0.5, 0.6) is 5.75 Å². The lowest BCUT2D eigenvalue weighted by Gasteiger charge is -2.17. The molecule has 2 aromatic carbocycles. The van der Waals surface area contributed by atoms with Crippen LogP contribution in [0.25, 0.3) is 0 Å². The summed E-state index contributed by atoms with van der Waals surface area (Å²) >= 11 is 0. The third-order valence-electron chi connectivity index (χ3n) is 4.10. The summed E-state index contributed by atoms with van der Waals surface area (Å²) in [6.07, 6.45) is 2.79. The van der Waals surface area contributed by atoms with Crippen LogP contribution in [0.15, 0.2) is 42.5 Å². The third kappa shape index (κ3) is 3.08. The van der Waals surface area contributed by atoms with Gasteiger partial charge in [-0.2, -0.15) is 0 Å². The Morgan fingerprint density at radius 3 is 2.90 bits per heavy atom. The van der Waals surface area contributed by atoms with E-state index in [2.05, 4.69) is 23.5 Å². The van der Waals surface area contributed by atoms with E-state index in [-0.39, 0.29) is 11.9 Å². The van der Waals surface area contributed by atoms with Gasteiger partial charge in [-0.1, -0.05) is 30.3 Å². The molecule has 0 amide bonds. The summed E-state index contributed by atoms with van der Waals surface area (Å²) in [5.41, 5.74) is 3.32. The summed E-state index contributed by atoms with van der Waals surface area (Å²) in [5.74, 6) is 0.872. The zero-order chi connectivity index (χ0) is 14.7. The van der Waals surface area contributed by atoms with E-state index in [1.54, 1.807) is 6.07 Å². The van der Waals surface area contributed by atoms with Crippen LogP contribution in [0, 0.1) is 5.82 Å². The monoisotopic (exact) mass is 285 g/mol. The molecule has 1 heterocycles. The first-order valence-electron chi connectivity index (χ1n) is 7.44. The summed E-state index contributed by atoms with van der Waals surface area (Å²) in [5, 5.41) is 3.22. The molecule has 0 aromatic heterocycles. The predicted molar refractivity (Wildman–Crippen MR) is 82.2 cm³/mol. The van der Waals surface area contributed by atoms with Crippen molar-refractivity contribution >= 4 is 0 Å². The average Bonchev–Trinajstić information content (AvgIpc) is 2.97. The summed E-state index contributed by atoms with van der Waals surface area (Å²) in [4.78, 5) is 0. The maximum atomic E-state index is 13.9. The Labute approximate surface area is 125 Å². The molecule has 21 heavy (non-hydrogen) atoms. The molecule has 2 nitrogen and oxygen atoms in total. The summed E-state index contributed by atoms with van der Waals surface area (Å²) in [7, 11) is 1.88. The molecule has 1 unspecified atom stereocenters. The number of hydrogen-bond donors (Lipinski definition) is 1. The minimum Gasteiger partial charge on any atom is -0.493 e. The second kappa shape index (κ2) is 6.27. The summed E-state index contributed by atoms with van der Waals surface area (Å²) in [6, 6.07) is 13.4. The van der Waals surface area contributed by atoms with Crippen LogP contribution in [0.4, 0.5) is 4.39 Å². The fraction of sp³-hybridized carbons (Fsp3) is 0.333. The molecular formula is C18H20FNO. The maximum Gasteiger partial charge on any atom is 0.127 e. The van der Waals surface area contributed by atoms with Crippen molar-refractivity contribution in [3.63, 3.8) is 0 Å². The van der Waals surface area contributed by atoms with Gasteiger partial charge in [-0.25, -0.2) is 4.39 Å². The highest BCUT2D eigenvalue weighted by Gasteiger charge is 2.15.